The van der Waals surface area contributed by atoms with Gasteiger partial charge in [-0.2, -0.15) is 0 Å². The van der Waals surface area contributed by atoms with E-state index in [1.54, 1.807) is 4.31 Å². The highest BCUT2D eigenvalue weighted by molar-refractivity contribution is 7.89. The molecule has 0 spiro atoms. The Morgan fingerprint density at radius 3 is 2.50 bits per heavy atom. The molecule has 0 aliphatic carbocycles. The van der Waals surface area contributed by atoms with Gasteiger partial charge in [-0.1, -0.05) is 6.92 Å². The van der Waals surface area contributed by atoms with Gasteiger partial charge in [0.1, 0.15) is 0 Å². The zero-order valence-corrected chi connectivity index (χ0v) is 13.9. The van der Waals surface area contributed by atoms with Crippen LogP contribution in [-0.2, 0) is 14.8 Å². The standard InChI is InChI=1S/C14H30N2O3S/c1-4-8-15-13(3)14-6-9-16(10-7-14)20(17,18)12-11-19-5-2/h13-15H,4-12H2,1-3H3. The summed E-state index contributed by atoms with van der Waals surface area (Å²) in [5.41, 5.74) is 0. The maximum atomic E-state index is 12.1. The Morgan fingerprint density at radius 2 is 1.95 bits per heavy atom. The van der Waals surface area contributed by atoms with E-state index in [0.717, 1.165) is 25.8 Å². The van der Waals surface area contributed by atoms with E-state index >= 15 is 0 Å². The van der Waals surface area contributed by atoms with Crippen molar-refractivity contribution in [1.29, 1.82) is 0 Å². The van der Waals surface area contributed by atoms with E-state index in [0.29, 0.717) is 38.3 Å². The van der Waals surface area contributed by atoms with Crippen molar-refractivity contribution >= 4 is 10.0 Å². The second-order valence-corrected chi connectivity index (χ2v) is 7.58. The molecule has 0 radical (unpaired) electrons. The van der Waals surface area contributed by atoms with Crippen molar-refractivity contribution < 1.29 is 13.2 Å². The summed E-state index contributed by atoms with van der Waals surface area (Å²) in [6.07, 6.45) is 3.03. The minimum atomic E-state index is -3.13. The largest absolute Gasteiger partial charge is 0.381 e. The molecule has 6 heteroatoms. The first-order valence-electron chi connectivity index (χ1n) is 7.80. The highest BCUT2D eigenvalue weighted by Gasteiger charge is 2.29. The van der Waals surface area contributed by atoms with Gasteiger partial charge in [0.25, 0.3) is 0 Å². The number of ether oxygens (including phenoxy) is 1. The number of nitrogens with zero attached hydrogens (tertiary/aromatic N) is 1. The Bertz CT molecular complexity index is 351. The van der Waals surface area contributed by atoms with Crippen LogP contribution in [0, 0.1) is 5.92 Å². The van der Waals surface area contributed by atoms with Gasteiger partial charge in [-0.15, -0.1) is 0 Å². The van der Waals surface area contributed by atoms with E-state index in [2.05, 4.69) is 19.2 Å². The number of sulfonamides is 1. The van der Waals surface area contributed by atoms with Crippen LogP contribution in [0.2, 0.25) is 0 Å². The van der Waals surface area contributed by atoms with Crippen LogP contribution < -0.4 is 5.32 Å². The minimum absolute atomic E-state index is 0.106. The Morgan fingerprint density at radius 1 is 1.30 bits per heavy atom. The van der Waals surface area contributed by atoms with Crippen molar-refractivity contribution in [3.8, 4) is 0 Å². The first-order valence-corrected chi connectivity index (χ1v) is 9.41. The minimum Gasteiger partial charge on any atom is -0.381 e. The van der Waals surface area contributed by atoms with E-state index in [1.807, 2.05) is 6.92 Å². The molecule has 0 saturated carbocycles. The van der Waals surface area contributed by atoms with Gasteiger partial charge in [0.05, 0.1) is 12.4 Å². The monoisotopic (exact) mass is 306 g/mol. The Labute approximate surface area is 124 Å². The van der Waals surface area contributed by atoms with Crippen molar-refractivity contribution in [2.24, 2.45) is 5.92 Å². The summed E-state index contributed by atoms with van der Waals surface area (Å²) in [7, 11) is -3.13. The molecule has 1 atom stereocenters. The summed E-state index contributed by atoms with van der Waals surface area (Å²) < 4.78 is 31.1. The molecular weight excluding hydrogens is 276 g/mol. The number of hydrogen-bond acceptors (Lipinski definition) is 4. The average Bonchev–Trinajstić information content (AvgIpc) is 2.45. The third-order valence-electron chi connectivity index (χ3n) is 4.01. The molecule has 1 heterocycles. The second kappa shape index (κ2) is 8.97. The SMILES string of the molecule is CCCNC(C)C1CCN(S(=O)(=O)CCOCC)CC1. The van der Waals surface area contributed by atoms with Gasteiger partial charge in [0, 0.05) is 25.7 Å². The third-order valence-corrected chi connectivity index (χ3v) is 5.84. The van der Waals surface area contributed by atoms with Gasteiger partial charge < -0.3 is 10.1 Å². The van der Waals surface area contributed by atoms with Gasteiger partial charge in [0.15, 0.2) is 0 Å². The van der Waals surface area contributed by atoms with E-state index in [4.69, 9.17) is 4.74 Å². The van der Waals surface area contributed by atoms with Crippen LogP contribution in [0.1, 0.15) is 40.0 Å². The summed E-state index contributed by atoms with van der Waals surface area (Å²) >= 11 is 0. The van der Waals surface area contributed by atoms with Crippen molar-refractivity contribution in [2.45, 2.75) is 46.1 Å². The lowest BCUT2D eigenvalue weighted by atomic mass is 9.91. The quantitative estimate of drug-likeness (QED) is 0.655. The summed E-state index contributed by atoms with van der Waals surface area (Å²) in [5.74, 6) is 0.690. The average molecular weight is 306 g/mol. The molecule has 1 saturated heterocycles. The molecule has 1 aliphatic rings. The number of nitrogens with one attached hydrogen (secondary N) is 1. The molecule has 0 aromatic heterocycles. The normalized spacial score (nSPS) is 20.1. The van der Waals surface area contributed by atoms with Crippen molar-refractivity contribution in [1.82, 2.24) is 9.62 Å². The molecule has 1 N–H and O–H groups in total. The van der Waals surface area contributed by atoms with Crippen LogP contribution in [0.15, 0.2) is 0 Å². The molecule has 0 aromatic rings. The topological polar surface area (TPSA) is 58.6 Å². The molecule has 20 heavy (non-hydrogen) atoms. The molecule has 1 unspecified atom stereocenters. The molecular formula is C14H30N2O3S. The van der Waals surface area contributed by atoms with Gasteiger partial charge >= 0.3 is 0 Å². The van der Waals surface area contributed by atoms with E-state index < -0.39 is 10.0 Å². The van der Waals surface area contributed by atoms with Crippen molar-refractivity contribution in [3.05, 3.63) is 0 Å². The van der Waals surface area contributed by atoms with Crippen LogP contribution in [0.5, 0.6) is 0 Å². The molecule has 1 aliphatic heterocycles. The summed E-state index contributed by atoms with van der Waals surface area (Å²) in [6.45, 7) is 9.45. The predicted molar refractivity (Wildman–Crippen MR) is 82.3 cm³/mol. The molecule has 5 nitrogen and oxygen atoms in total. The zero-order valence-electron chi connectivity index (χ0n) is 13.1. The van der Waals surface area contributed by atoms with E-state index in [9.17, 15) is 8.42 Å². The maximum absolute atomic E-state index is 12.1. The fourth-order valence-electron chi connectivity index (χ4n) is 2.63. The van der Waals surface area contributed by atoms with E-state index in [1.165, 1.54) is 0 Å². The summed E-state index contributed by atoms with van der Waals surface area (Å²) in [4.78, 5) is 0. The van der Waals surface area contributed by atoms with Crippen LogP contribution >= 0.6 is 0 Å². The lowest BCUT2D eigenvalue weighted by Crippen LogP contribution is -2.45. The van der Waals surface area contributed by atoms with Crippen LogP contribution in [0.3, 0.4) is 0 Å². The Balaban J connectivity index is 2.37. The number of rotatable bonds is 9. The van der Waals surface area contributed by atoms with Crippen LogP contribution in [-0.4, -0.2) is 57.4 Å². The first-order chi connectivity index (χ1) is 9.51. The zero-order chi connectivity index (χ0) is 15.0. The van der Waals surface area contributed by atoms with Crippen molar-refractivity contribution in [3.63, 3.8) is 0 Å². The lowest BCUT2D eigenvalue weighted by Gasteiger charge is -2.34. The summed E-state index contributed by atoms with van der Waals surface area (Å²) in [5, 5.41) is 3.51. The fraction of sp³-hybridized carbons (Fsp3) is 1.00. The maximum Gasteiger partial charge on any atom is 0.216 e. The predicted octanol–water partition coefficient (Wildman–Crippen LogP) is 1.45. The number of hydrogen-bond donors (Lipinski definition) is 1. The number of piperidine rings is 1. The Kier molecular flexibility index (Phi) is 8.02. The Hall–Kier alpha value is -0.170. The van der Waals surface area contributed by atoms with Gasteiger partial charge in [-0.3, -0.25) is 0 Å². The second-order valence-electron chi connectivity index (χ2n) is 5.49. The molecule has 0 bridgehead atoms. The highest BCUT2D eigenvalue weighted by atomic mass is 32.2. The highest BCUT2D eigenvalue weighted by Crippen LogP contribution is 2.22. The van der Waals surface area contributed by atoms with Gasteiger partial charge in [-0.25, -0.2) is 12.7 Å². The third kappa shape index (κ3) is 5.68. The van der Waals surface area contributed by atoms with Gasteiger partial charge in [-0.05, 0) is 45.6 Å². The molecule has 0 aromatic carbocycles. The summed E-state index contributed by atoms with van der Waals surface area (Å²) in [6, 6.07) is 0.475. The van der Waals surface area contributed by atoms with Crippen molar-refractivity contribution in [2.75, 3.05) is 38.6 Å². The lowest BCUT2D eigenvalue weighted by molar-refractivity contribution is 0.161. The molecule has 1 rings (SSSR count). The van der Waals surface area contributed by atoms with E-state index in [-0.39, 0.29) is 5.75 Å². The van der Waals surface area contributed by atoms with Crippen LogP contribution in [0.25, 0.3) is 0 Å². The molecule has 1 fully saturated rings. The molecule has 120 valence electrons. The fourth-order valence-corrected chi connectivity index (χ4v) is 3.98. The van der Waals surface area contributed by atoms with Gasteiger partial charge in [0.2, 0.25) is 10.0 Å². The first kappa shape index (κ1) is 17.9. The van der Waals surface area contributed by atoms with Crippen LogP contribution in [0.4, 0.5) is 0 Å². The molecule has 0 amide bonds. The smallest absolute Gasteiger partial charge is 0.216 e.